The van der Waals surface area contributed by atoms with Gasteiger partial charge in [-0.25, -0.2) is 4.98 Å². The predicted molar refractivity (Wildman–Crippen MR) is 129 cm³/mol. The molecule has 4 nitrogen and oxygen atoms in total. The van der Waals surface area contributed by atoms with E-state index in [0.717, 1.165) is 66.4 Å². The second-order valence-corrected chi connectivity index (χ2v) is 8.98. The number of carbonyl (C=O) groups is 1. The largest absolute Gasteiger partial charge is 0.335 e. The summed E-state index contributed by atoms with van der Waals surface area (Å²) in [6, 6.07) is 12.4. The third-order valence-corrected chi connectivity index (χ3v) is 6.11. The van der Waals surface area contributed by atoms with E-state index in [4.69, 9.17) is 0 Å². The molecule has 0 aliphatic carbocycles. The molecule has 5 heteroatoms. The van der Waals surface area contributed by atoms with Crippen LogP contribution >= 0.6 is 11.8 Å². The van der Waals surface area contributed by atoms with Gasteiger partial charge in [0, 0.05) is 36.5 Å². The Kier molecular flexibility index (Phi) is 10.4. The van der Waals surface area contributed by atoms with Gasteiger partial charge in [0.2, 0.25) is 0 Å². The molecule has 1 aromatic heterocycles. The third kappa shape index (κ3) is 6.85. The average molecular weight is 428 g/mol. The molecule has 1 atom stereocenters. The van der Waals surface area contributed by atoms with E-state index in [-0.39, 0.29) is 11.9 Å². The van der Waals surface area contributed by atoms with Gasteiger partial charge in [-0.1, -0.05) is 45.4 Å². The van der Waals surface area contributed by atoms with Crippen LogP contribution in [0.2, 0.25) is 0 Å². The van der Waals surface area contributed by atoms with Crippen LogP contribution < -0.4 is 0 Å². The Morgan fingerprint density at radius 1 is 1.00 bits per heavy atom. The first-order valence-electron chi connectivity index (χ1n) is 11.2. The number of benzene rings is 1. The molecule has 1 unspecified atom stereocenters. The molecule has 0 N–H and O–H groups in total. The van der Waals surface area contributed by atoms with E-state index in [1.54, 1.807) is 11.8 Å². The van der Waals surface area contributed by atoms with Gasteiger partial charge in [0.15, 0.2) is 0 Å². The summed E-state index contributed by atoms with van der Waals surface area (Å²) in [6.07, 6.45) is 5.14. The summed E-state index contributed by atoms with van der Waals surface area (Å²) in [6.45, 7) is 11.3. The summed E-state index contributed by atoms with van der Waals surface area (Å²) in [7, 11) is 2.15. The lowest BCUT2D eigenvalue weighted by Gasteiger charge is -2.34. The van der Waals surface area contributed by atoms with Gasteiger partial charge in [-0.05, 0) is 62.9 Å². The first-order valence-corrected chi connectivity index (χ1v) is 12.2. The summed E-state index contributed by atoms with van der Waals surface area (Å²) in [4.78, 5) is 22.2. The first kappa shape index (κ1) is 24.4. The van der Waals surface area contributed by atoms with Crippen molar-refractivity contribution in [1.29, 1.82) is 0 Å². The lowest BCUT2D eigenvalue weighted by molar-refractivity contribution is 0.0639. The van der Waals surface area contributed by atoms with Crippen molar-refractivity contribution >= 4 is 17.7 Å². The smallest absolute Gasteiger partial charge is 0.254 e. The summed E-state index contributed by atoms with van der Waals surface area (Å²) >= 11 is 1.74. The van der Waals surface area contributed by atoms with Gasteiger partial charge in [0.1, 0.15) is 0 Å². The van der Waals surface area contributed by atoms with Crippen molar-refractivity contribution in [2.45, 2.75) is 58.0 Å². The molecule has 0 fully saturated rings. The third-order valence-electron chi connectivity index (χ3n) is 5.29. The molecule has 2 rings (SSSR count). The molecule has 0 bridgehead atoms. The Morgan fingerprint density at radius 3 is 2.23 bits per heavy atom. The summed E-state index contributed by atoms with van der Waals surface area (Å²) in [5.74, 6) is 1.14. The molecular weight excluding hydrogens is 390 g/mol. The Morgan fingerprint density at radius 2 is 1.70 bits per heavy atom. The number of thioether (sulfide) groups is 1. The fourth-order valence-electron chi connectivity index (χ4n) is 3.83. The number of amides is 1. The van der Waals surface area contributed by atoms with E-state index >= 15 is 0 Å². The van der Waals surface area contributed by atoms with E-state index in [0.29, 0.717) is 0 Å². The molecule has 0 saturated carbocycles. The van der Waals surface area contributed by atoms with E-state index in [1.165, 1.54) is 0 Å². The number of carbonyl (C=O) groups excluding carboxylic acids is 1. The van der Waals surface area contributed by atoms with Gasteiger partial charge < -0.3 is 9.80 Å². The van der Waals surface area contributed by atoms with E-state index in [9.17, 15) is 4.79 Å². The van der Waals surface area contributed by atoms with Crippen LogP contribution in [0.5, 0.6) is 0 Å². The summed E-state index contributed by atoms with van der Waals surface area (Å²) < 4.78 is 0. The van der Waals surface area contributed by atoms with Crippen molar-refractivity contribution in [3.05, 3.63) is 48.2 Å². The first-order chi connectivity index (χ1) is 14.5. The van der Waals surface area contributed by atoms with E-state index in [2.05, 4.69) is 56.8 Å². The van der Waals surface area contributed by atoms with Crippen molar-refractivity contribution in [3.63, 3.8) is 0 Å². The molecule has 0 aliphatic rings. The van der Waals surface area contributed by atoms with Crippen molar-refractivity contribution in [1.82, 2.24) is 14.8 Å². The molecule has 0 radical (unpaired) electrons. The van der Waals surface area contributed by atoms with Crippen LogP contribution in [0.3, 0.4) is 0 Å². The van der Waals surface area contributed by atoms with Gasteiger partial charge in [-0.15, -0.1) is 11.8 Å². The highest BCUT2D eigenvalue weighted by Crippen LogP contribution is 2.23. The standard InChI is InChI=1S/C25H37N3OS/c1-6-10-23(19-27(5)17-7-2)28(8-3)25(29)21-13-11-20(12-14-21)22-15-16-24(26-18-22)30-9-4/h11-16,18,23H,6-10,17,19H2,1-5H3. The van der Waals surface area contributed by atoms with Crippen molar-refractivity contribution in [2.24, 2.45) is 0 Å². The fraction of sp³-hybridized carbons (Fsp3) is 0.520. The maximum Gasteiger partial charge on any atom is 0.254 e. The van der Waals surface area contributed by atoms with Gasteiger partial charge in [0.25, 0.3) is 5.91 Å². The minimum Gasteiger partial charge on any atom is -0.335 e. The maximum atomic E-state index is 13.3. The number of likely N-dealkylation sites (N-methyl/N-ethyl adjacent to an activating group) is 2. The molecule has 164 valence electrons. The topological polar surface area (TPSA) is 36.4 Å². The van der Waals surface area contributed by atoms with Crippen LogP contribution in [0.4, 0.5) is 0 Å². The Hall–Kier alpha value is -1.85. The van der Waals surface area contributed by atoms with E-state index < -0.39 is 0 Å². The maximum absolute atomic E-state index is 13.3. The lowest BCUT2D eigenvalue weighted by atomic mass is 10.0. The van der Waals surface area contributed by atoms with Crippen molar-refractivity contribution in [2.75, 3.05) is 32.4 Å². The van der Waals surface area contributed by atoms with Gasteiger partial charge in [-0.3, -0.25) is 4.79 Å². The summed E-state index contributed by atoms with van der Waals surface area (Å²) in [5, 5.41) is 1.04. The normalized spacial score (nSPS) is 12.2. The zero-order valence-corrected chi connectivity index (χ0v) is 20.0. The van der Waals surface area contributed by atoms with Crippen LogP contribution in [0.15, 0.2) is 47.6 Å². The molecular formula is C25H37N3OS. The minimum atomic E-state index is 0.125. The molecule has 1 amide bonds. The minimum absolute atomic E-state index is 0.125. The molecule has 1 heterocycles. The highest BCUT2D eigenvalue weighted by atomic mass is 32.2. The second-order valence-electron chi connectivity index (χ2n) is 7.69. The molecule has 1 aromatic carbocycles. The van der Waals surface area contributed by atoms with Crippen molar-refractivity contribution < 1.29 is 4.79 Å². The van der Waals surface area contributed by atoms with Crippen LogP contribution in [0, 0.1) is 0 Å². The quantitative estimate of drug-likeness (QED) is 0.399. The van der Waals surface area contributed by atoms with Crippen LogP contribution in [-0.4, -0.2) is 59.2 Å². The predicted octanol–water partition coefficient (Wildman–Crippen LogP) is 5.83. The SMILES string of the molecule is CCCC(CN(C)CCC)N(CC)C(=O)c1ccc(-c2ccc(SCC)nc2)cc1. The lowest BCUT2D eigenvalue weighted by Crippen LogP contribution is -2.46. The Bertz CT molecular complexity index is 761. The average Bonchev–Trinajstić information content (AvgIpc) is 2.75. The van der Waals surface area contributed by atoms with Crippen LogP contribution in [-0.2, 0) is 0 Å². The van der Waals surface area contributed by atoms with Gasteiger partial charge >= 0.3 is 0 Å². The molecule has 0 aliphatic heterocycles. The number of rotatable bonds is 12. The monoisotopic (exact) mass is 427 g/mol. The highest BCUT2D eigenvalue weighted by molar-refractivity contribution is 7.99. The molecule has 0 spiro atoms. The molecule has 30 heavy (non-hydrogen) atoms. The van der Waals surface area contributed by atoms with Crippen LogP contribution in [0.1, 0.15) is 57.3 Å². The van der Waals surface area contributed by atoms with Crippen LogP contribution in [0.25, 0.3) is 11.1 Å². The molecule has 2 aromatic rings. The summed E-state index contributed by atoms with van der Waals surface area (Å²) in [5.41, 5.74) is 2.92. The highest BCUT2D eigenvalue weighted by Gasteiger charge is 2.24. The second kappa shape index (κ2) is 12.8. The van der Waals surface area contributed by atoms with Gasteiger partial charge in [-0.2, -0.15) is 0 Å². The number of pyridine rings is 1. The Balaban J connectivity index is 2.14. The zero-order valence-electron chi connectivity index (χ0n) is 19.2. The zero-order chi connectivity index (χ0) is 21.9. The number of aromatic nitrogens is 1. The van der Waals surface area contributed by atoms with Crippen molar-refractivity contribution in [3.8, 4) is 11.1 Å². The van der Waals surface area contributed by atoms with E-state index in [1.807, 2.05) is 35.4 Å². The fourth-order valence-corrected chi connectivity index (χ4v) is 4.42. The number of hydrogen-bond donors (Lipinski definition) is 0. The molecule has 0 saturated heterocycles. The Labute approximate surface area is 187 Å². The number of hydrogen-bond acceptors (Lipinski definition) is 4. The van der Waals surface area contributed by atoms with Gasteiger partial charge in [0.05, 0.1) is 5.03 Å². The number of nitrogens with zero attached hydrogens (tertiary/aromatic N) is 3.